The molecule has 4 N–H and O–H groups in total. The van der Waals surface area contributed by atoms with Crippen molar-refractivity contribution in [1.29, 1.82) is 0 Å². The van der Waals surface area contributed by atoms with Crippen LogP contribution in [0.15, 0.2) is 42.5 Å². The highest BCUT2D eigenvalue weighted by atomic mass is 16.5. The zero-order valence-electron chi connectivity index (χ0n) is 19.7. The molecule has 11 nitrogen and oxygen atoms in total. The molecule has 0 saturated carbocycles. The van der Waals surface area contributed by atoms with E-state index in [-0.39, 0.29) is 24.0 Å². The van der Waals surface area contributed by atoms with Gasteiger partial charge in [0.05, 0.1) is 43.2 Å². The van der Waals surface area contributed by atoms with Crippen LogP contribution in [0.3, 0.4) is 0 Å². The third kappa shape index (κ3) is 5.64. The maximum atomic E-state index is 13.1. The summed E-state index contributed by atoms with van der Waals surface area (Å²) < 4.78 is 16.6. The Morgan fingerprint density at radius 2 is 1.67 bits per heavy atom. The van der Waals surface area contributed by atoms with Crippen molar-refractivity contribution in [3.05, 3.63) is 53.6 Å². The highest BCUT2D eigenvalue weighted by Crippen LogP contribution is 2.32. The van der Waals surface area contributed by atoms with Crippen molar-refractivity contribution < 1.29 is 33.4 Å². The Morgan fingerprint density at radius 3 is 2.44 bits per heavy atom. The van der Waals surface area contributed by atoms with E-state index in [4.69, 9.17) is 19.9 Å². The number of nitrogens with two attached hydrogens (primary N) is 1. The second-order valence-corrected chi connectivity index (χ2v) is 8.21. The normalized spacial score (nSPS) is 17.2. The van der Waals surface area contributed by atoms with Gasteiger partial charge >= 0.3 is 0 Å². The van der Waals surface area contributed by atoms with Crippen molar-refractivity contribution in [2.24, 2.45) is 0 Å². The summed E-state index contributed by atoms with van der Waals surface area (Å²) in [5.41, 5.74) is 7.31. The molecule has 4 amide bonds. The number of para-hydroxylation sites is 2. The molecule has 36 heavy (non-hydrogen) atoms. The number of nitrogen functional groups attached to an aromatic ring is 1. The molecule has 4 rings (SSSR count). The number of carbonyl (C=O) groups excluding carboxylic acids is 4. The number of amides is 4. The smallest absolute Gasteiger partial charge is 0.264 e. The Balaban J connectivity index is 1.18. The molecule has 11 heteroatoms. The zero-order chi connectivity index (χ0) is 25.5. The second-order valence-electron chi connectivity index (χ2n) is 8.21. The number of hydrogen-bond acceptors (Lipinski definition) is 9. The van der Waals surface area contributed by atoms with Crippen LogP contribution in [-0.4, -0.2) is 74.1 Å². The van der Waals surface area contributed by atoms with Crippen molar-refractivity contribution in [2.75, 3.05) is 50.6 Å². The van der Waals surface area contributed by atoms with Gasteiger partial charge in [-0.05, 0) is 30.7 Å². The third-order valence-corrected chi connectivity index (χ3v) is 5.81. The summed E-state index contributed by atoms with van der Waals surface area (Å²) in [5, 5.41) is 5.31. The van der Waals surface area contributed by atoms with Gasteiger partial charge in [0, 0.05) is 18.7 Å². The standard InChI is InChI=1S/C25H28N4O7/c26-17-5-1-2-7-20(17)36-15-14-35-13-12-34-11-10-27-18-6-3-4-16-22(18)25(33)29(24(16)32)19-8-9-21(30)28-23(19)31/h1-7,19,27H,8-15,26H2,(H,28,30,31). The van der Waals surface area contributed by atoms with E-state index < -0.39 is 29.7 Å². The van der Waals surface area contributed by atoms with E-state index in [0.717, 1.165) is 4.90 Å². The van der Waals surface area contributed by atoms with Crippen LogP contribution in [0.4, 0.5) is 11.4 Å². The molecule has 1 fully saturated rings. The van der Waals surface area contributed by atoms with Crippen LogP contribution in [0, 0.1) is 0 Å². The quantitative estimate of drug-likeness (QED) is 0.224. The molecule has 1 atom stereocenters. The van der Waals surface area contributed by atoms with Crippen molar-refractivity contribution in [3.63, 3.8) is 0 Å². The molecule has 2 aliphatic heterocycles. The van der Waals surface area contributed by atoms with Crippen molar-refractivity contribution in [3.8, 4) is 5.75 Å². The van der Waals surface area contributed by atoms with E-state index in [1.165, 1.54) is 0 Å². The van der Waals surface area contributed by atoms with Gasteiger partial charge in [-0.1, -0.05) is 18.2 Å². The Kier molecular flexibility index (Phi) is 8.13. The maximum Gasteiger partial charge on any atom is 0.264 e. The Bertz CT molecular complexity index is 1150. The van der Waals surface area contributed by atoms with Crippen LogP contribution >= 0.6 is 0 Å². The molecule has 0 aliphatic carbocycles. The van der Waals surface area contributed by atoms with E-state index in [1.807, 2.05) is 12.1 Å². The lowest BCUT2D eigenvalue weighted by Crippen LogP contribution is -2.54. The predicted molar refractivity (Wildman–Crippen MR) is 130 cm³/mol. The minimum absolute atomic E-state index is 0.0741. The number of nitrogens with zero attached hydrogens (tertiary/aromatic N) is 1. The number of hydrogen-bond donors (Lipinski definition) is 3. The van der Waals surface area contributed by atoms with Crippen molar-refractivity contribution >= 4 is 35.0 Å². The highest BCUT2D eigenvalue weighted by molar-refractivity contribution is 6.25. The number of nitrogens with one attached hydrogen (secondary N) is 2. The topological polar surface area (TPSA) is 149 Å². The molecule has 1 saturated heterocycles. The number of carbonyl (C=O) groups is 4. The van der Waals surface area contributed by atoms with Gasteiger partial charge in [-0.2, -0.15) is 0 Å². The van der Waals surface area contributed by atoms with Gasteiger partial charge in [0.25, 0.3) is 11.8 Å². The lowest BCUT2D eigenvalue weighted by Gasteiger charge is -2.27. The number of rotatable bonds is 12. The minimum Gasteiger partial charge on any atom is -0.489 e. The van der Waals surface area contributed by atoms with Crippen LogP contribution < -0.4 is 21.1 Å². The summed E-state index contributed by atoms with van der Waals surface area (Å²) in [6.45, 7) is 2.28. The summed E-state index contributed by atoms with van der Waals surface area (Å²) in [4.78, 5) is 50.5. The average molecular weight is 497 g/mol. The van der Waals surface area contributed by atoms with Gasteiger partial charge in [-0.25, -0.2) is 0 Å². The van der Waals surface area contributed by atoms with Gasteiger partial charge in [0.1, 0.15) is 18.4 Å². The fraction of sp³-hybridized carbons (Fsp3) is 0.360. The number of benzene rings is 2. The summed E-state index contributed by atoms with van der Waals surface area (Å²) in [7, 11) is 0. The van der Waals surface area contributed by atoms with E-state index in [1.54, 1.807) is 30.3 Å². The first-order valence-corrected chi connectivity index (χ1v) is 11.7. The summed E-state index contributed by atoms with van der Waals surface area (Å²) in [6, 6.07) is 11.2. The maximum absolute atomic E-state index is 13.1. The molecule has 190 valence electrons. The molecule has 2 aromatic carbocycles. The lowest BCUT2D eigenvalue weighted by atomic mass is 10.0. The van der Waals surface area contributed by atoms with E-state index in [2.05, 4.69) is 10.6 Å². The molecule has 2 heterocycles. The summed E-state index contributed by atoms with van der Waals surface area (Å²) in [6.07, 6.45) is 0.186. The molecule has 0 spiro atoms. The zero-order valence-corrected chi connectivity index (χ0v) is 19.7. The van der Waals surface area contributed by atoms with Crippen LogP contribution in [0.25, 0.3) is 0 Å². The van der Waals surface area contributed by atoms with E-state index in [9.17, 15) is 19.2 Å². The van der Waals surface area contributed by atoms with Gasteiger partial charge in [0.2, 0.25) is 11.8 Å². The van der Waals surface area contributed by atoms with Crippen LogP contribution in [0.5, 0.6) is 5.75 Å². The SMILES string of the molecule is Nc1ccccc1OCCOCCOCCNc1cccc2c1C(=O)N(C1CCC(=O)NC1=O)C2=O. The molecule has 1 unspecified atom stereocenters. The van der Waals surface area contributed by atoms with Crippen LogP contribution in [-0.2, 0) is 19.1 Å². The van der Waals surface area contributed by atoms with E-state index in [0.29, 0.717) is 56.7 Å². The highest BCUT2D eigenvalue weighted by Gasteiger charge is 2.45. The number of fused-ring (bicyclic) bond motifs is 1. The number of ether oxygens (including phenoxy) is 3. The lowest BCUT2D eigenvalue weighted by molar-refractivity contribution is -0.136. The third-order valence-electron chi connectivity index (χ3n) is 5.81. The molecular formula is C25H28N4O7. The van der Waals surface area contributed by atoms with Crippen LogP contribution in [0.2, 0.25) is 0 Å². The van der Waals surface area contributed by atoms with Crippen molar-refractivity contribution in [1.82, 2.24) is 10.2 Å². The van der Waals surface area contributed by atoms with Gasteiger partial charge in [-0.3, -0.25) is 29.4 Å². The molecule has 2 aromatic rings. The molecule has 2 aliphatic rings. The number of imide groups is 2. The number of piperidine rings is 1. The first-order valence-electron chi connectivity index (χ1n) is 11.7. The fourth-order valence-electron chi connectivity index (χ4n) is 4.06. The van der Waals surface area contributed by atoms with Gasteiger partial charge in [0.15, 0.2) is 0 Å². The average Bonchev–Trinajstić information content (AvgIpc) is 3.12. The fourth-order valence-corrected chi connectivity index (χ4v) is 4.06. The van der Waals surface area contributed by atoms with E-state index >= 15 is 0 Å². The van der Waals surface area contributed by atoms with Gasteiger partial charge in [-0.15, -0.1) is 0 Å². The Labute approximate surface area is 207 Å². The Hall–Kier alpha value is -3.96. The van der Waals surface area contributed by atoms with Crippen molar-refractivity contribution in [2.45, 2.75) is 18.9 Å². The first kappa shape index (κ1) is 25.1. The first-order chi connectivity index (χ1) is 17.5. The molecule has 0 aromatic heterocycles. The summed E-state index contributed by atoms with van der Waals surface area (Å²) >= 11 is 0. The second kappa shape index (κ2) is 11.6. The largest absolute Gasteiger partial charge is 0.489 e. The Morgan fingerprint density at radius 1 is 0.917 bits per heavy atom. The monoisotopic (exact) mass is 496 g/mol. The predicted octanol–water partition coefficient (Wildman–Crippen LogP) is 1.19. The molecule has 0 radical (unpaired) electrons. The molecular weight excluding hydrogens is 468 g/mol. The molecule has 0 bridgehead atoms. The summed E-state index contributed by atoms with van der Waals surface area (Å²) in [5.74, 6) is -1.52. The van der Waals surface area contributed by atoms with Gasteiger partial charge < -0.3 is 25.3 Å². The number of anilines is 2. The minimum atomic E-state index is -0.998. The van der Waals surface area contributed by atoms with Crippen LogP contribution in [0.1, 0.15) is 33.6 Å².